The van der Waals surface area contributed by atoms with Gasteiger partial charge in [-0.2, -0.15) is 0 Å². The molecule has 0 radical (unpaired) electrons. The van der Waals surface area contributed by atoms with Gasteiger partial charge in [-0.3, -0.25) is 14.4 Å². The number of rotatable bonds is 7. The Morgan fingerprint density at radius 1 is 1.03 bits per heavy atom. The number of anilines is 1. The van der Waals surface area contributed by atoms with E-state index in [-0.39, 0.29) is 40.6 Å². The molecule has 2 aromatic rings. The molecular formula is C26H30N4O5. The second kappa shape index (κ2) is 10.2. The van der Waals surface area contributed by atoms with Gasteiger partial charge in [0.05, 0.1) is 23.0 Å². The Balaban J connectivity index is 1.53. The van der Waals surface area contributed by atoms with Crippen molar-refractivity contribution in [2.45, 2.75) is 32.4 Å². The predicted molar refractivity (Wildman–Crippen MR) is 131 cm³/mol. The number of phenolic OH excluding ortho intramolecular Hbond substituents is 1. The van der Waals surface area contributed by atoms with Gasteiger partial charge in [-0.05, 0) is 24.1 Å². The van der Waals surface area contributed by atoms with Crippen molar-refractivity contribution in [1.82, 2.24) is 15.1 Å². The van der Waals surface area contributed by atoms with Crippen molar-refractivity contribution in [1.29, 1.82) is 0 Å². The number of aliphatic hydroxyl groups excluding tert-OH is 1. The molecule has 4 rings (SSSR count). The molecule has 2 aromatic carbocycles. The van der Waals surface area contributed by atoms with E-state index in [0.29, 0.717) is 31.9 Å². The van der Waals surface area contributed by atoms with E-state index in [2.05, 4.69) is 10.6 Å². The van der Waals surface area contributed by atoms with Gasteiger partial charge >= 0.3 is 0 Å². The smallest absolute Gasteiger partial charge is 0.257 e. The molecule has 2 amide bonds. The van der Waals surface area contributed by atoms with Gasteiger partial charge < -0.3 is 30.6 Å². The first-order valence-electron chi connectivity index (χ1n) is 11.7. The maximum atomic E-state index is 13.0. The van der Waals surface area contributed by atoms with Crippen LogP contribution >= 0.6 is 0 Å². The monoisotopic (exact) mass is 478 g/mol. The lowest BCUT2D eigenvalue weighted by Gasteiger charge is -2.34. The second-order valence-corrected chi connectivity index (χ2v) is 8.70. The van der Waals surface area contributed by atoms with Crippen LogP contribution in [0.5, 0.6) is 5.75 Å². The number of nitrogens with one attached hydrogen (secondary N) is 2. The first kappa shape index (κ1) is 24.3. The van der Waals surface area contributed by atoms with Crippen molar-refractivity contribution >= 4 is 23.3 Å². The number of ketones is 1. The van der Waals surface area contributed by atoms with Gasteiger partial charge in [0.15, 0.2) is 11.9 Å². The van der Waals surface area contributed by atoms with Crippen LogP contribution in [0.25, 0.3) is 0 Å². The Kier molecular flexibility index (Phi) is 7.07. The molecule has 1 aliphatic heterocycles. The van der Waals surface area contributed by atoms with Gasteiger partial charge in [0.2, 0.25) is 11.7 Å². The van der Waals surface area contributed by atoms with Gasteiger partial charge in [0.25, 0.3) is 5.91 Å². The topological polar surface area (TPSA) is 122 Å². The number of amides is 2. The lowest BCUT2D eigenvalue weighted by Crippen LogP contribution is -2.50. The van der Waals surface area contributed by atoms with Crippen molar-refractivity contribution in [2.75, 3.05) is 31.5 Å². The van der Waals surface area contributed by atoms with Crippen LogP contribution in [0.1, 0.15) is 42.2 Å². The quantitative estimate of drug-likeness (QED) is 0.449. The normalized spacial score (nSPS) is 18.7. The zero-order chi connectivity index (χ0) is 25.1. The third kappa shape index (κ3) is 4.85. The molecule has 1 fully saturated rings. The van der Waals surface area contributed by atoms with Crippen molar-refractivity contribution in [3.8, 4) is 5.75 Å². The highest BCUT2D eigenvalue weighted by atomic mass is 16.3. The summed E-state index contributed by atoms with van der Waals surface area (Å²) in [6.45, 7) is 5.12. The molecular weight excluding hydrogens is 448 g/mol. The Morgan fingerprint density at radius 3 is 2.31 bits per heavy atom. The van der Waals surface area contributed by atoms with E-state index in [1.54, 1.807) is 21.9 Å². The highest BCUT2D eigenvalue weighted by Gasteiger charge is 2.39. The van der Waals surface area contributed by atoms with E-state index in [4.69, 9.17) is 0 Å². The van der Waals surface area contributed by atoms with Crippen molar-refractivity contribution in [3.63, 3.8) is 0 Å². The summed E-state index contributed by atoms with van der Waals surface area (Å²) < 4.78 is 0. The summed E-state index contributed by atoms with van der Waals surface area (Å²) in [5, 5.41) is 27.3. The Labute approximate surface area is 204 Å². The highest BCUT2D eigenvalue weighted by Crippen LogP contribution is 2.34. The zero-order valence-electron chi connectivity index (χ0n) is 19.8. The molecule has 0 bridgehead atoms. The molecule has 35 heavy (non-hydrogen) atoms. The maximum absolute atomic E-state index is 13.0. The second-order valence-electron chi connectivity index (χ2n) is 8.70. The summed E-state index contributed by atoms with van der Waals surface area (Å²) in [7, 11) is 0. The van der Waals surface area contributed by atoms with Crippen LogP contribution in [0.2, 0.25) is 0 Å². The SMILES string of the molecule is CC[C@@H](NC1=C(Nc2cccc(C(=O)N3CCN(C(C)=O)CC3)c2O)C(=O)C1O)c1ccccc1. The number of hydrogen-bond donors (Lipinski definition) is 4. The number of aromatic hydroxyl groups is 1. The number of phenols is 1. The van der Waals surface area contributed by atoms with Crippen molar-refractivity contribution < 1.29 is 24.6 Å². The molecule has 9 nitrogen and oxygen atoms in total. The van der Waals surface area contributed by atoms with Crippen LogP contribution in [0.4, 0.5) is 5.69 Å². The average Bonchev–Trinajstić information content (AvgIpc) is 2.89. The minimum atomic E-state index is -1.28. The zero-order valence-corrected chi connectivity index (χ0v) is 19.8. The number of carbonyl (C=O) groups is 3. The summed E-state index contributed by atoms with van der Waals surface area (Å²) in [6, 6.07) is 14.3. The number of para-hydroxylation sites is 1. The lowest BCUT2D eigenvalue weighted by molar-refractivity contribution is -0.130. The van der Waals surface area contributed by atoms with Crippen LogP contribution in [-0.2, 0) is 9.59 Å². The van der Waals surface area contributed by atoms with Crippen LogP contribution in [0.15, 0.2) is 59.9 Å². The number of piperazine rings is 1. The maximum Gasteiger partial charge on any atom is 0.257 e. The summed E-state index contributed by atoms with van der Waals surface area (Å²) in [4.78, 5) is 40.3. The molecule has 9 heteroatoms. The van der Waals surface area contributed by atoms with E-state index in [9.17, 15) is 24.6 Å². The van der Waals surface area contributed by atoms with E-state index in [1.807, 2.05) is 37.3 Å². The number of benzene rings is 2. The molecule has 1 heterocycles. The fourth-order valence-electron chi connectivity index (χ4n) is 4.38. The third-order valence-corrected chi connectivity index (χ3v) is 6.52. The number of Topliss-reactive ketones (excluding diaryl/α,β-unsaturated/α-hetero) is 1. The van der Waals surface area contributed by atoms with Crippen LogP contribution in [0.3, 0.4) is 0 Å². The molecule has 2 atom stereocenters. The standard InChI is InChI=1S/C26H30N4O5/c1-3-19(17-8-5-4-6-9-17)27-21-22(25(34)24(21)33)28-20-11-7-10-18(23(20)32)26(35)30-14-12-29(13-15-30)16(2)31/h4-11,19,24,27-28,32-33H,3,12-15H2,1-2H3/t19-,24?/m1/s1. The van der Waals surface area contributed by atoms with Crippen molar-refractivity contribution in [3.05, 3.63) is 71.1 Å². The van der Waals surface area contributed by atoms with Crippen molar-refractivity contribution in [2.24, 2.45) is 0 Å². The number of hydrogen-bond acceptors (Lipinski definition) is 7. The van der Waals surface area contributed by atoms with E-state index >= 15 is 0 Å². The third-order valence-electron chi connectivity index (χ3n) is 6.52. The molecule has 0 saturated carbocycles. The van der Waals surface area contributed by atoms with Gasteiger partial charge in [0, 0.05) is 33.1 Å². The first-order chi connectivity index (χ1) is 16.8. The van der Waals surface area contributed by atoms with Crippen LogP contribution < -0.4 is 10.6 Å². The summed E-state index contributed by atoms with van der Waals surface area (Å²) >= 11 is 0. The Hall–Kier alpha value is -3.85. The number of carbonyl (C=O) groups excluding carboxylic acids is 3. The van der Waals surface area contributed by atoms with E-state index in [1.165, 1.54) is 13.0 Å². The Morgan fingerprint density at radius 2 is 1.69 bits per heavy atom. The summed E-state index contributed by atoms with van der Waals surface area (Å²) in [6.07, 6.45) is -0.548. The molecule has 4 N–H and O–H groups in total. The number of nitrogens with zero attached hydrogens (tertiary/aromatic N) is 2. The molecule has 1 unspecified atom stereocenters. The van der Waals surface area contributed by atoms with E-state index < -0.39 is 11.9 Å². The average molecular weight is 479 g/mol. The molecule has 1 saturated heterocycles. The molecule has 2 aliphatic rings. The summed E-state index contributed by atoms with van der Waals surface area (Å²) in [5.74, 6) is -1.15. The molecule has 1 aliphatic carbocycles. The lowest BCUT2D eigenvalue weighted by atomic mass is 9.92. The Bertz CT molecular complexity index is 1160. The number of aliphatic hydroxyl groups is 1. The van der Waals surface area contributed by atoms with E-state index in [0.717, 1.165) is 12.0 Å². The molecule has 0 spiro atoms. The van der Waals surface area contributed by atoms with Crippen LogP contribution in [0, 0.1) is 0 Å². The molecule has 0 aromatic heterocycles. The highest BCUT2D eigenvalue weighted by molar-refractivity contribution is 6.11. The van der Waals surface area contributed by atoms with Gasteiger partial charge in [-0.1, -0.05) is 43.3 Å². The predicted octanol–water partition coefficient (Wildman–Crippen LogP) is 2.00. The minimum absolute atomic E-state index is 0.0336. The fraction of sp³-hybridized carbons (Fsp3) is 0.346. The fourth-order valence-corrected chi connectivity index (χ4v) is 4.38. The first-order valence-corrected chi connectivity index (χ1v) is 11.7. The molecule has 184 valence electrons. The van der Waals surface area contributed by atoms with Gasteiger partial charge in [-0.15, -0.1) is 0 Å². The van der Waals surface area contributed by atoms with Gasteiger partial charge in [-0.25, -0.2) is 0 Å². The minimum Gasteiger partial charge on any atom is -0.505 e. The van der Waals surface area contributed by atoms with Gasteiger partial charge in [0.1, 0.15) is 5.70 Å². The summed E-state index contributed by atoms with van der Waals surface area (Å²) in [5.41, 5.74) is 1.82. The largest absolute Gasteiger partial charge is 0.505 e. The van der Waals surface area contributed by atoms with Crippen LogP contribution in [-0.4, -0.2) is 69.9 Å².